The Morgan fingerprint density at radius 2 is 1.58 bits per heavy atom. The molecule has 1 nitrogen and oxygen atoms in total. The molecule has 0 aromatic heterocycles. The summed E-state index contributed by atoms with van der Waals surface area (Å²) in [5.74, 6) is 2.84. The van der Waals surface area contributed by atoms with Crippen molar-refractivity contribution in [3.05, 3.63) is 0 Å². The van der Waals surface area contributed by atoms with Crippen molar-refractivity contribution < 1.29 is 4.43 Å². The van der Waals surface area contributed by atoms with E-state index in [1.165, 1.54) is 38.5 Å². The maximum absolute atomic E-state index is 6.28. The SMILES string of the molecule is C#C[C@@H](CCCCCCCC)O[Si](C)(C)C(C)(C)C. The first-order chi connectivity index (χ1) is 8.74. The average molecular weight is 283 g/mol. The fraction of sp³-hybridized carbons (Fsp3) is 0.882. The lowest BCUT2D eigenvalue weighted by Gasteiger charge is -2.38. The van der Waals surface area contributed by atoms with Crippen LogP contribution < -0.4 is 0 Å². The van der Waals surface area contributed by atoms with Crippen LogP contribution in [0.15, 0.2) is 0 Å². The zero-order valence-electron chi connectivity index (χ0n) is 14.0. The Bertz CT molecular complexity index is 270. The van der Waals surface area contributed by atoms with Crippen LogP contribution in [-0.2, 0) is 4.43 Å². The quantitative estimate of drug-likeness (QED) is 0.297. The van der Waals surface area contributed by atoms with E-state index in [1.54, 1.807) is 0 Å². The van der Waals surface area contributed by atoms with Crippen molar-refractivity contribution in [3.8, 4) is 12.3 Å². The largest absolute Gasteiger partial charge is 0.403 e. The molecule has 0 saturated heterocycles. The van der Waals surface area contributed by atoms with E-state index in [9.17, 15) is 0 Å². The van der Waals surface area contributed by atoms with Gasteiger partial charge in [-0.2, -0.15) is 0 Å². The summed E-state index contributed by atoms with van der Waals surface area (Å²) in [6, 6.07) is 0. The Balaban J connectivity index is 4.00. The standard InChI is InChI=1S/C17H34OSi/c1-8-10-11-12-13-14-15-16(9-2)18-19(6,7)17(3,4)5/h2,16H,8,10-15H2,1,3-7H3/t16-/m0/s1. The van der Waals surface area contributed by atoms with Gasteiger partial charge in [-0.25, -0.2) is 0 Å². The molecule has 0 radical (unpaired) electrons. The summed E-state index contributed by atoms with van der Waals surface area (Å²) in [5, 5.41) is 0.239. The van der Waals surface area contributed by atoms with Gasteiger partial charge in [0, 0.05) is 0 Å². The average Bonchev–Trinajstić information content (AvgIpc) is 2.30. The number of hydrogen-bond acceptors (Lipinski definition) is 1. The number of unbranched alkanes of at least 4 members (excludes halogenated alkanes) is 5. The highest BCUT2D eigenvalue weighted by Crippen LogP contribution is 2.37. The minimum absolute atomic E-state index is 0.0204. The smallest absolute Gasteiger partial charge is 0.193 e. The normalized spacial score (nSPS) is 14.2. The summed E-state index contributed by atoms with van der Waals surface area (Å²) in [7, 11) is -1.71. The molecule has 2 heteroatoms. The minimum atomic E-state index is -1.71. The first kappa shape index (κ1) is 18.7. The van der Waals surface area contributed by atoms with Crippen molar-refractivity contribution >= 4 is 8.32 Å². The van der Waals surface area contributed by atoms with Crippen molar-refractivity contribution in [1.29, 1.82) is 0 Å². The van der Waals surface area contributed by atoms with Gasteiger partial charge in [0.25, 0.3) is 0 Å². The molecule has 0 saturated carbocycles. The molecule has 0 aromatic carbocycles. The van der Waals surface area contributed by atoms with E-state index in [2.05, 4.69) is 46.7 Å². The molecule has 0 bridgehead atoms. The summed E-state index contributed by atoms with van der Waals surface area (Å²) in [6.07, 6.45) is 14.5. The Morgan fingerprint density at radius 1 is 1.05 bits per heavy atom. The Morgan fingerprint density at radius 3 is 2.05 bits per heavy atom. The third-order valence-electron chi connectivity index (χ3n) is 4.25. The third kappa shape index (κ3) is 7.80. The Hall–Kier alpha value is -0.263. The molecule has 0 aliphatic rings. The van der Waals surface area contributed by atoms with Gasteiger partial charge >= 0.3 is 0 Å². The van der Waals surface area contributed by atoms with Crippen molar-refractivity contribution in [2.75, 3.05) is 0 Å². The molecule has 0 rings (SSSR count). The first-order valence-corrected chi connectivity index (χ1v) is 10.8. The van der Waals surface area contributed by atoms with Crippen LogP contribution in [0.25, 0.3) is 0 Å². The van der Waals surface area contributed by atoms with Gasteiger partial charge in [-0.15, -0.1) is 6.42 Å². The highest BCUT2D eigenvalue weighted by Gasteiger charge is 2.38. The number of hydrogen-bond donors (Lipinski definition) is 0. The highest BCUT2D eigenvalue weighted by molar-refractivity contribution is 6.74. The van der Waals surface area contributed by atoms with E-state index >= 15 is 0 Å². The van der Waals surface area contributed by atoms with Gasteiger partial charge in [-0.3, -0.25) is 0 Å². The molecule has 0 aliphatic heterocycles. The van der Waals surface area contributed by atoms with Crippen LogP contribution in [0.3, 0.4) is 0 Å². The summed E-state index contributed by atoms with van der Waals surface area (Å²) in [5.41, 5.74) is 0. The molecule has 0 heterocycles. The monoisotopic (exact) mass is 282 g/mol. The van der Waals surface area contributed by atoms with Crippen LogP contribution in [-0.4, -0.2) is 14.4 Å². The van der Waals surface area contributed by atoms with Gasteiger partial charge < -0.3 is 4.43 Å². The fourth-order valence-corrected chi connectivity index (χ4v) is 3.07. The predicted octanol–water partition coefficient (Wildman–Crippen LogP) is 5.76. The van der Waals surface area contributed by atoms with Crippen LogP contribution in [0.5, 0.6) is 0 Å². The second kappa shape index (κ2) is 8.82. The molecule has 0 N–H and O–H groups in total. The van der Waals surface area contributed by atoms with E-state index in [-0.39, 0.29) is 11.1 Å². The van der Waals surface area contributed by atoms with Crippen molar-refractivity contribution in [1.82, 2.24) is 0 Å². The summed E-state index contributed by atoms with van der Waals surface area (Å²) >= 11 is 0. The maximum atomic E-state index is 6.28. The molecule has 1 atom stereocenters. The summed E-state index contributed by atoms with van der Waals surface area (Å²) < 4.78 is 6.28. The van der Waals surface area contributed by atoms with Crippen LogP contribution in [0.2, 0.25) is 18.1 Å². The highest BCUT2D eigenvalue weighted by atomic mass is 28.4. The molecule has 19 heavy (non-hydrogen) atoms. The molecular formula is C17H34OSi. The van der Waals surface area contributed by atoms with Gasteiger partial charge in [0.15, 0.2) is 8.32 Å². The molecule has 0 fully saturated rings. The zero-order chi connectivity index (χ0) is 14.9. The number of terminal acetylenes is 1. The zero-order valence-corrected chi connectivity index (χ0v) is 15.0. The number of rotatable bonds is 9. The lowest BCUT2D eigenvalue weighted by Crippen LogP contribution is -2.43. The molecule has 0 spiro atoms. The van der Waals surface area contributed by atoms with Gasteiger partial charge in [-0.05, 0) is 31.0 Å². The van der Waals surface area contributed by atoms with Gasteiger partial charge in [0.1, 0.15) is 6.10 Å². The lowest BCUT2D eigenvalue weighted by molar-refractivity contribution is 0.219. The predicted molar refractivity (Wildman–Crippen MR) is 88.9 cm³/mol. The van der Waals surface area contributed by atoms with E-state index in [0.717, 1.165) is 6.42 Å². The fourth-order valence-electron chi connectivity index (χ4n) is 1.82. The van der Waals surface area contributed by atoms with Crippen molar-refractivity contribution in [3.63, 3.8) is 0 Å². The van der Waals surface area contributed by atoms with Gasteiger partial charge in [0.2, 0.25) is 0 Å². The molecule has 0 aliphatic carbocycles. The van der Waals surface area contributed by atoms with Crippen molar-refractivity contribution in [2.45, 2.75) is 96.9 Å². The molecule has 112 valence electrons. The van der Waals surface area contributed by atoms with E-state index < -0.39 is 8.32 Å². The van der Waals surface area contributed by atoms with Gasteiger partial charge in [0.05, 0.1) is 0 Å². The maximum Gasteiger partial charge on any atom is 0.193 e. The van der Waals surface area contributed by atoms with Gasteiger partial charge in [-0.1, -0.05) is 65.7 Å². The second-order valence-electron chi connectivity index (χ2n) is 7.09. The Labute approximate surface area is 122 Å². The lowest BCUT2D eigenvalue weighted by atomic mass is 10.1. The van der Waals surface area contributed by atoms with E-state index in [4.69, 9.17) is 10.8 Å². The van der Waals surface area contributed by atoms with Crippen LogP contribution in [0.4, 0.5) is 0 Å². The molecule has 0 unspecified atom stereocenters. The first-order valence-electron chi connectivity index (χ1n) is 7.88. The van der Waals surface area contributed by atoms with Crippen LogP contribution >= 0.6 is 0 Å². The van der Waals surface area contributed by atoms with E-state index in [0.29, 0.717) is 0 Å². The summed E-state index contributed by atoms with van der Waals surface area (Å²) in [6.45, 7) is 13.6. The molecule has 0 amide bonds. The topological polar surface area (TPSA) is 9.23 Å². The minimum Gasteiger partial charge on any atom is -0.403 e. The Kier molecular flexibility index (Phi) is 8.70. The molecular weight excluding hydrogens is 248 g/mol. The van der Waals surface area contributed by atoms with E-state index in [1.807, 2.05) is 0 Å². The summed E-state index contributed by atoms with van der Waals surface area (Å²) in [4.78, 5) is 0. The van der Waals surface area contributed by atoms with Crippen molar-refractivity contribution in [2.24, 2.45) is 0 Å². The van der Waals surface area contributed by atoms with Crippen LogP contribution in [0, 0.1) is 12.3 Å². The third-order valence-corrected chi connectivity index (χ3v) is 8.73. The van der Waals surface area contributed by atoms with Crippen LogP contribution in [0.1, 0.15) is 72.6 Å². The molecule has 0 aromatic rings. The second-order valence-corrected chi connectivity index (χ2v) is 11.8.